The van der Waals surface area contributed by atoms with E-state index in [2.05, 4.69) is 0 Å². The van der Waals surface area contributed by atoms with Crippen LogP contribution in [0.5, 0.6) is 11.5 Å². The number of aliphatic hydroxyl groups is 1. The summed E-state index contributed by atoms with van der Waals surface area (Å²) in [6.45, 7) is 0.0587. The van der Waals surface area contributed by atoms with Crippen LogP contribution in [-0.4, -0.2) is 11.1 Å². The maximum Gasteiger partial charge on any atom is 0.338 e. The molecule has 0 bridgehead atoms. The molecule has 0 spiro atoms. The second kappa shape index (κ2) is 8.13. The third-order valence-electron chi connectivity index (χ3n) is 3.67. The number of benzene rings is 3. The first-order chi connectivity index (χ1) is 12.3. The van der Waals surface area contributed by atoms with Crippen molar-refractivity contribution in [3.05, 3.63) is 95.6 Å². The molecule has 3 aromatic carbocycles. The zero-order chi connectivity index (χ0) is 17.5. The van der Waals surface area contributed by atoms with Crippen molar-refractivity contribution < 1.29 is 19.4 Å². The van der Waals surface area contributed by atoms with Crippen LogP contribution in [0.3, 0.4) is 0 Å². The molecule has 0 amide bonds. The smallest absolute Gasteiger partial charge is 0.338 e. The van der Waals surface area contributed by atoms with E-state index in [-0.39, 0.29) is 13.2 Å². The van der Waals surface area contributed by atoms with Gasteiger partial charge in [0.2, 0.25) is 0 Å². The van der Waals surface area contributed by atoms with E-state index in [0.717, 1.165) is 16.9 Å². The third-order valence-corrected chi connectivity index (χ3v) is 3.67. The fraction of sp³-hybridized carbons (Fsp3) is 0.0952. The second-order valence-corrected chi connectivity index (χ2v) is 5.45. The van der Waals surface area contributed by atoms with Gasteiger partial charge in [0, 0.05) is 5.56 Å². The lowest BCUT2D eigenvalue weighted by atomic mass is 10.1. The zero-order valence-electron chi connectivity index (χ0n) is 13.6. The number of ether oxygens (including phenoxy) is 2. The van der Waals surface area contributed by atoms with E-state index in [9.17, 15) is 4.79 Å². The van der Waals surface area contributed by atoms with Gasteiger partial charge in [-0.3, -0.25) is 0 Å². The van der Waals surface area contributed by atoms with Crippen LogP contribution in [0.4, 0.5) is 0 Å². The summed E-state index contributed by atoms with van der Waals surface area (Å²) in [5.41, 5.74) is 1.98. The van der Waals surface area contributed by atoms with Gasteiger partial charge in [0.05, 0.1) is 12.2 Å². The van der Waals surface area contributed by atoms with Crippen molar-refractivity contribution in [2.24, 2.45) is 0 Å². The molecule has 3 rings (SSSR count). The average molecular weight is 334 g/mol. The molecule has 25 heavy (non-hydrogen) atoms. The van der Waals surface area contributed by atoms with Crippen LogP contribution in [0.2, 0.25) is 0 Å². The predicted octanol–water partition coefficient (Wildman–Crippen LogP) is 4.33. The molecule has 0 aliphatic heterocycles. The van der Waals surface area contributed by atoms with Crippen LogP contribution >= 0.6 is 0 Å². The Morgan fingerprint density at radius 2 is 1.52 bits per heavy atom. The Bertz CT molecular complexity index is 826. The van der Waals surface area contributed by atoms with Gasteiger partial charge in [-0.15, -0.1) is 0 Å². The molecule has 0 aliphatic carbocycles. The van der Waals surface area contributed by atoms with E-state index in [4.69, 9.17) is 14.6 Å². The summed E-state index contributed by atoms with van der Waals surface area (Å²) in [6, 6.07) is 23.6. The molecular formula is C21H18O4. The quantitative estimate of drug-likeness (QED) is 0.682. The molecule has 0 fully saturated rings. The average Bonchev–Trinajstić information content (AvgIpc) is 2.68. The van der Waals surface area contributed by atoms with Crippen molar-refractivity contribution in [1.29, 1.82) is 0 Å². The number of rotatable bonds is 6. The minimum absolute atomic E-state index is 0.0560. The van der Waals surface area contributed by atoms with Crippen LogP contribution in [-0.2, 0) is 18.0 Å². The Labute approximate surface area is 146 Å². The van der Waals surface area contributed by atoms with E-state index in [1.807, 2.05) is 54.6 Å². The highest BCUT2D eigenvalue weighted by Gasteiger charge is 2.10. The van der Waals surface area contributed by atoms with Gasteiger partial charge in [-0.05, 0) is 35.9 Å². The van der Waals surface area contributed by atoms with Crippen molar-refractivity contribution in [2.75, 3.05) is 0 Å². The predicted molar refractivity (Wildman–Crippen MR) is 94.4 cm³/mol. The van der Waals surface area contributed by atoms with Crippen LogP contribution in [0.25, 0.3) is 0 Å². The van der Waals surface area contributed by atoms with Crippen molar-refractivity contribution >= 4 is 5.97 Å². The molecule has 126 valence electrons. The summed E-state index contributed by atoms with van der Waals surface area (Å²) in [4.78, 5) is 12.2. The van der Waals surface area contributed by atoms with Crippen molar-refractivity contribution in [3.8, 4) is 11.5 Å². The van der Waals surface area contributed by atoms with Crippen molar-refractivity contribution in [3.63, 3.8) is 0 Å². The minimum atomic E-state index is -0.418. The Balaban J connectivity index is 1.67. The van der Waals surface area contributed by atoms with E-state index in [1.54, 1.807) is 24.3 Å². The van der Waals surface area contributed by atoms with Gasteiger partial charge in [0.25, 0.3) is 0 Å². The highest BCUT2D eigenvalue weighted by Crippen LogP contribution is 2.25. The summed E-state index contributed by atoms with van der Waals surface area (Å²) < 4.78 is 11.2. The summed E-state index contributed by atoms with van der Waals surface area (Å²) in [5, 5.41) is 9.04. The Morgan fingerprint density at radius 3 is 2.24 bits per heavy atom. The van der Waals surface area contributed by atoms with Gasteiger partial charge in [-0.1, -0.05) is 48.5 Å². The maximum atomic E-state index is 12.2. The van der Waals surface area contributed by atoms with Crippen LogP contribution in [0, 0.1) is 0 Å². The number of para-hydroxylation sites is 2. The number of aliphatic hydroxyl groups excluding tert-OH is 1. The standard InChI is InChI=1S/C21H18O4/c22-14-16-10-12-17(13-11-16)21(23)24-15-18-6-4-5-9-20(18)25-19-7-2-1-3-8-19/h1-13,22H,14-15H2. The normalized spacial score (nSPS) is 10.3. The molecule has 1 N–H and O–H groups in total. The van der Waals surface area contributed by atoms with Crippen LogP contribution < -0.4 is 4.74 Å². The first kappa shape index (κ1) is 16.7. The highest BCUT2D eigenvalue weighted by molar-refractivity contribution is 5.89. The Morgan fingerprint density at radius 1 is 0.840 bits per heavy atom. The molecular weight excluding hydrogens is 316 g/mol. The van der Waals surface area contributed by atoms with E-state index in [0.29, 0.717) is 11.3 Å². The van der Waals surface area contributed by atoms with E-state index in [1.165, 1.54) is 0 Å². The molecule has 3 aromatic rings. The minimum Gasteiger partial charge on any atom is -0.457 e. The number of carbonyl (C=O) groups excluding carboxylic acids is 1. The summed E-state index contributed by atoms with van der Waals surface area (Å²) >= 11 is 0. The van der Waals surface area contributed by atoms with Crippen molar-refractivity contribution in [2.45, 2.75) is 13.2 Å². The maximum absolute atomic E-state index is 12.2. The molecule has 0 saturated heterocycles. The topological polar surface area (TPSA) is 55.8 Å². The first-order valence-electron chi connectivity index (χ1n) is 7.94. The number of hydrogen-bond donors (Lipinski definition) is 1. The van der Waals surface area contributed by atoms with E-state index >= 15 is 0 Å². The molecule has 4 heteroatoms. The number of esters is 1. The second-order valence-electron chi connectivity index (χ2n) is 5.45. The fourth-order valence-electron chi connectivity index (χ4n) is 2.31. The molecule has 0 heterocycles. The molecule has 4 nitrogen and oxygen atoms in total. The summed E-state index contributed by atoms with van der Waals surface area (Å²) in [5.74, 6) is 0.956. The van der Waals surface area contributed by atoms with Gasteiger partial charge in [0.1, 0.15) is 18.1 Å². The lowest BCUT2D eigenvalue weighted by Gasteiger charge is -2.11. The van der Waals surface area contributed by atoms with Gasteiger partial charge in [-0.2, -0.15) is 0 Å². The van der Waals surface area contributed by atoms with Crippen LogP contribution in [0.1, 0.15) is 21.5 Å². The first-order valence-corrected chi connectivity index (χ1v) is 7.94. The third kappa shape index (κ3) is 4.46. The van der Waals surface area contributed by atoms with Gasteiger partial charge in [0.15, 0.2) is 0 Å². The van der Waals surface area contributed by atoms with Gasteiger partial charge < -0.3 is 14.6 Å². The molecule has 0 radical (unpaired) electrons. The van der Waals surface area contributed by atoms with Gasteiger partial charge in [-0.25, -0.2) is 4.79 Å². The SMILES string of the molecule is O=C(OCc1ccccc1Oc1ccccc1)c1ccc(CO)cc1. The lowest BCUT2D eigenvalue weighted by molar-refractivity contribution is 0.0470. The molecule has 0 atom stereocenters. The lowest BCUT2D eigenvalue weighted by Crippen LogP contribution is -2.06. The molecule has 0 aliphatic rings. The molecule has 0 saturated carbocycles. The van der Waals surface area contributed by atoms with E-state index < -0.39 is 5.97 Å². The largest absolute Gasteiger partial charge is 0.457 e. The monoisotopic (exact) mass is 334 g/mol. The number of carbonyl (C=O) groups is 1. The Kier molecular flexibility index (Phi) is 5.44. The fourth-order valence-corrected chi connectivity index (χ4v) is 2.31. The summed E-state index contributed by atoms with van der Waals surface area (Å²) in [7, 11) is 0. The Hall–Kier alpha value is -3.11. The van der Waals surface area contributed by atoms with Gasteiger partial charge >= 0.3 is 5.97 Å². The highest BCUT2D eigenvalue weighted by atomic mass is 16.5. The summed E-state index contributed by atoms with van der Waals surface area (Å²) in [6.07, 6.45) is 0. The molecule has 0 aromatic heterocycles. The van der Waals surface area contributed by atoms with Crippen molar-refractivity contribution in [1.82, 2.24) is 0 Å². The number of hydrogen-bond acceptors (Lipinski definition) is 4. The zero-order valence-corrected chi connectivity index (χ0v) is 13.6. The molecule has 0 unspecified atom stereocenters. The van der Waals surface area contributed by atoms with Crippen LogP contribution in [0.15, 0.2) is 78.9 Å².